The van der Waals surface area contributed by atoms with Gasteiger partial charge in [-0.05, 0) is 42.0 Å². The first-order valence-corrected chi connectivity index (χ1v) is 9.40. The first-order valence-electron chi connectivity index (χ1n) is 8.61. The van der Waals surface area contributed by atoms with Gasteiger partial charge in [-0.25, -0.2) is 0 Å². The number of rotatable bonds is 6. The lowest BCUT2D eigenvalue weighted by molar-refractivity contribution is 0.0968. The molecule has 4 rings (SSSR count). The Hall–Kier alpha value is -2.92. The van der Waals surface area contributed by atoms with Crippen LogP contribution in [-0.2, 0) is 13.2 Å². The van der Waals surface area contributed by atoms with E-state index in [1.807, 2.05) is 66.9 Å². The van der Waals surface area contributed by atoms with Gasteiger partial charge in [0, 0.05) is 21.6 Å². The van der Waals surface area contributed by atoms with Gasteiger partial charge in [0.25, 0.3) is 0 Å². The molecule has 3 aromatic carbocycles. The molecule has 0 aliphatic heterocycles. The summed E-state index contributed by atoms with van der Waals surface area (Å²) in [5.41, 5.74) is 2.61. The number of nitrogens with zero attached hydrogens (tertiary/aromatic N) is 2. The highest BCUT2D eigenvalue weighted by molar-refractivity contribution is 9.10. The number of ketones is 1. The molecule has 27 heavy (non-hydrogen) atoms. The molecule has 0 N–H and O–H groups in total. The molecule has 0 aliphatic rings. The normalized spacial score (nSPS) is 10.9. The van der Waals surface area contributed by atoms with Crippen LogP contribution in [0.3, 0.4) is 0 Å². The maximum absolute atomic E-state index is 12.6. The number of carbonyl (C=O) groups excluding carboxylic acids is 1. The fourth-order valence-corrected chi connectivity index (χ4v) is 3.31. The molecule has 1 heterocycles. The van der Waals surface area contributed by atoms with Crippen molar-refractivity contribution in [2.24, 2.45) is 0 Å². The third kappa shape index (κ3) is 4.09. The lowest BCUT2D eigenvalue weighted by Crippen LogP contribution is -2.10. The quantitative estimate of drug-likeness (QED) is 0.399. The van der Waals surface area contributed by atoms with E-state index in [9.17, 15) is 4.79 Å². The molecule has 0 unspecified atom stereocenters. The van der Waals surface area contributed by atoms with Crippen molar-refractivity contribution in [3.63, 3.8) is 0 Å². The fourth-order valence-electron chi connectivity index (χ4n) is 2.85. The Morgan fingerprint density at radius 2 is 1.74 bits per heavy atom. The second kappa shape index (κ2) is 7.76. The Labute approximate surface area is 165 Å². The van der Waals surface area contributed by atoms with Crippen molar-refractivity contribution >= 4 is 32.6 Å². The molecule has 0 amide bonds. The second-order valence-corrected chi connectivity index (χ2v) is 7.08. The van der Waals surface area contributed by atoms with Crippen LogP contribution >= 0.6 is 15.9 Å². The SMILES string of the molecule is O=C(Cn1cc2c(Br)cccc2n1)c1ccc(OCc2ccccc2)cc1. The van der Waals surface area contributed by atoms with Crippen LogP contribution in [0.25, 0.3) is 10.9 Å². The van der Waals surface area contributed by atoms with Crippen molar-refractivity contribution in [1.82, 2.24) is 9.78 Å². The minimum atomic E-state index is 0.00791. The van der Waals surface area contributed by atoms with Crippen LogP contribution in [0.1, 0.15) is 15.9 Å². The van der Waals surface area contributed by atoms with Crippen molar-refractivity contribution < 1.29 is 9.53 Å². The summed E-state index contributed by atoms with van der Waals surface area (Å²) in [6, 6.07) is 23.0. The summed E-state index contributed by atoms with van der Waals surface area (Å²) < 4.78 is 8.41. The number of ether oxygens (including phenoxy) is 1. The van der Waals surface area contributed by atoms with Gasteiger partial charge in [0.05, 0.1) is 5.52 Å². The zero-order valence-corrected chi connectivity index (χ0v) is 16.1. The average molecular weight is 421 g/mol. The van der Waals surface area contributed by atoms with Gasteiger partial charge in [0.15, 0.2) is 5.78 Å². The number of benzene rings is 3. The van der Waals surface area contributed by atoms with Crippen molar-refractivity contribution in [3.05, 3.63) is 94.6 Å². The van der Waals surface area contributed by atoms with Gasteiger partial charge in [-0.3, -0.25) is 9.48 Å². The third-order valence-corrected chi connectivity index (χ3v) is 4.97. The van der Waals surface area contributed by atoms with Crippen LogP contribution in [0, 0.1) is 0 Å². The number of fused-ring (bicyclic) bond motifs is 1. The van der Waals surface area contributed by atoms with Crippen LogP contribution in [0.4, 0.5) is 0 Å². The lowest BCUT2D eigenvalue weighted by atomic mass is 10.1. The maximum Gasteiger partial charge on any atom is 0.184 e. The Morgan fingerprint density at radius 3 is 2.48 bits per heavy atom. The summed E-state index contributed by atoms with van der Waals surface area (Å²) in [5, 5.41) is 5.46. The molecule has 0 aliphatic carbocycles. The minimum Gasteiger partial charge on any atom is -0.489 e. The van der Waals surface area contributed by atoms with E-state index in [1.165, 1.54) is 0 Å². The van der Waals surface area contributed by atoms with E-state index in [1.54, 1.807) is 16.8 Å². The predicted molar refractivity (Wildman–Crippen MR) is 109 cm³/mol. The molecule has 0 spiro atoms. The van der Waals surface area contributed by atoms with E-state index in [0.29, 0.717) is 12.2 Å². The highest BCUT2D eigenvalue weighted by Crippen LogP contribution is 2.22. The number of carbonyl (C=O) groups is 1. The van der Waals surface area contributed by atoms with Crippen molar-refractivity contribution in [2.45, 2.75) is 13.2 Å². The van der Waals surface area contributed by atoms with Crippen molar-refractivity contribution in [3.8, 4) is 5.75 Å². The van der Waals surface area contributed by atoms with Crippen LogP contribution < -0.4 is 4.74 Å². The number of hydrogen-bond donors (Lipinski definition) is 0. The number of hydrogen-bond acceptors (Lipinski definition) is 3. The monoisotopic (exact) mass is 420 g/mol. The largest absolute Gasteiger partial charge is 0.489 e. The van der Waals surface area contributed by atoms with E-state index in [2.05, 4.69) is 21.0 Å². The molecule has 4 nitrogen and oxygen atoms in total. The number of Topliss-reactive ketones (excluding diaryl/α,β-unsaturated/α-hetero) is 1. The molecular formula is C22H17BrN2O2. The van der Waals surface area contributed by atoms with E-state index >= 15 is 0 Å². The third-order valence-electron chi connectivity index (χ3n) is 4.27. The van der Waals surface area contributed by atoms with E-state index in [0.717, 1.165) is 26.7 Å². The van der Waals surface area contributed by atoms with E-state index in [4.69, 9.17) is 4.74 Å². The molecule has 134 valence electrons. The van der Waals surface area contributed by atoms with Crippen LogP contribution in [0.2, 0.25) is 0 Å². The topological polar surface area (TPSA) is 44.1 Å². The van der Waals surface area contributed by atoms with E-state index < -0.39 is 0 Å². The molecule has 0 fully saturated rings. The highest BCUT2D eigenvalue weighted by Gasteiger charge is 2.10. The Balaban J connectivity index is 1.41. The fraction of sp³-hybridized carbons (Fsp3) is 0.0909. The lowest BCUT2D eigenvalue weighted by Gasteiger charge is -2.07. The van der Waals surface area contributed by atoms with Gasteiger partial charge in [-0.1, -0.05) is 52.3 Å². The molecule has 1 aromatic heterocycles. The zero-order chi connectivity index (χ0) is 18.6. The summed E-state index contributed by atoms with van der Waals surface area (Å²) in [7, 11) is 0. The highest BCUT2D eigenvalue weighted by atomic mass is 79.9. The van der Waals surface area contributed by atoms with Gasteiger partial charge in [-0.2, -0.15) is 5.10 Å². The number of halogens is 1. The second-order valence-electron chi connectivity index (χ2n) is 6.22. The molecule has 0 atom stereocenters. The zero-order valence-electron chi connectivity index (χ0n) is 14.5. The molecule has 0 saturated carbocycles. The van der Waals surface area contributed by atoms with Gasteiger partial charge >= 0.3 is 0 Å². The first-order chi connectivity index (χ1) is 13.2. The summed E-state index contributed by atoms with van der Waals surface area (Å²) in [6.07, 6.45) is 1.88. The summed E-state index contributed by atoms with van der Waals surface area (Å²) in [6.45, 7) is 0.703. The Kier molecular flexibility index (Phi) is 5.03. The smallest absolute Gasteiger partial charge is 0.184 e. The minimum absolute atomic E-state index is 0.00791. The van der Waals surface area contributed by atoms with Crippen LogP contribution in [0.15, 0.2) is 83.5 Å². The van der Waals surface area contributed by atoms with Crippen molar-refractivity contribution in [1.29, 1.82) is 0 Å². The van der Waals surface area contributed by atoms with Gasteiger partial charge in [-0.15, -0.1) is 0 Å². The van der Waals surface area contributed by atoms with Crippen molar-refractivity contribution in [2.75, 3.05) is 0 Å². The number of aromatic nitrogens is 2. The molecule has 0 saturated heterocycles. The summed E-state index contributed by atoms with van der Waals surface area (Å²) >= 11 is 3.51. The van der Waals surface area contributed by atoms with E-state index in [-0.39, 0.29) is 12.3 Å². The van der Waals surface area contributed by atoms with Gasteiger partial charge < -0.3 is 4.74 Å². The average Bonchev–Trinajstić information content (AvgIpc) is 3.11. The van der Waals surface area contributed by atoms with Gasteiger partial charge in [0.2, 0.25) is 0 Å². The predicted octanol–water partition coefficient (Wildman–Crippen LogP) is 5.26. The molecule has 0 radical (unpaired) electrons. The Bertz CT molecular complexity index is 1070. The summed E-state index contributed by atoms with van der Waals surface area (Å²) in [4.78, 5) is 12.6. The molecular weight excluding hydrogens is 404 g/mol. The summed E-state index contributed by atoms with van der Waals surface area (Å²) in [5.74, 6) is 0.748. The first kappa shape index (κ1) is 17.5. The molecule has 0 bridgehead atoms. The van der Waals surface area contributed by atoms with Crippen LogP contribution in [0.5, 0.6) is 5.75 Å². The maximum atomic E-state index is 12.6. The standard InChI is InChI=1S/C22H17BrN2O2/c23-20-7-4-8-21-19(20)13-25(24-21)14-22(26)17-9-11-18(12-10-17)27-15-16-5-2-1-3-6-16/h1-13H,14-15H2. The molecule has 4 aromatic rings. The van der Waals surface area contributed by atoms with Crippen LogP contribution in [-0.4, -0.2) is 15.6 Å². The molecule has 5 heteroatoms. The Morgan fingerprint density at radius 1 is 0.963 bits per heavy atom. The van der Waals surface area contributed by atoms with Gasteiger partial charge in [0.1, 0.15) is 18.9 Å².